The van der Waals surface area contributed by atoms with E-state index in [4.69, 9.17) is 4.84 Å². The van der Waals surface area contributed by atoms with Crippen LogP contribution < -0.4 is 0 Å². The number of carbonyl (C=O) groups is 3. The van der Waals surface area contributed by atoms with Crippen LogP contribution in [0.15, 0.2) is 24.3 Å². The lowest BCUT2D eigenvalue weighted by molar-refractivity contribution is -0.217. The molecule has 0 bridgehead atoms. The number of ketones is 1. The van der Waals surface area contributed by atoms with Gasteiger partial charge in [0.25, 0.3) is 0 Å². The van der Waals surface area contributed by atoms with Crippen LogP contribution in [0, 0.1) is 5.41 Å². The number of methoxy groups -OCH3 is 1. The Morgan fingerprint density at radius 1 is 1.17 bits per heavy atom. The molecule has 1 unspecified atom stereocenters. The minimum atomic E-state index is -0.624. The smallest absolute Gasteiger partial charge is 0.337 e. The first-order valence-electron chi connectivity index (χ1n) is 7.91. The number of benzene rings is 1. The van der Waals surface area contributed by atoms with Crippen LogP contribution in [0.1, 0.15) is 55.6 Å². The average molecular weight is 333 g/mol. The van der Waals surface area contributed by atoms with Crippen molar-refractivity contribution in [2.45, 2.75) is 39.7 Å². The zero-order valence-electron chi connectivity index (χ0n) is 14.5. The number of ether oxygens (including phenoxy) is 1. The highest BCUT2D eigenvalue weighted by molar-refractivity contribution is 5.89. The number of carbonyl (C=O) groups excluding carboxylic acids is 3. The van der Waals surface area contributed by atoms with E-state index in [-0.39, 0.29) is 24.2 Å². The molecule has 1 aliphatic rings. The van der Waals surface area contributed by atoms with E-state index in [0.717, 1.165) is 5.56 Å². The normalized spacial score (nSPS) is 19.0. The Hall–Kier alpha value is -2.21. The molecule has 1 aromatic carbocycles. The van der Waals surface area contributed by atoms with Gasteiger partial charge >= 0.3 is 11.9 Å². The van der Waals surface area contributed by atoms with Crippen molar-refractivity contribution >= 4 is 17.7 Å². The van der Waals surface area contributed by atoms with Crippen molar-refractivity contribution in [2.75, 3.05) is 13.7 Å². The summed E-state index contributed by atoms with van der Waals surface area (Å²) in [5.74, 6) is -0.634. The van der Waals surface area contributed by atoms with E-state index in [1.54, 1.807) is 50.1 Å². The summed E-state index contributed by atoms with van der Waals surface area (Å²) < 4.78 is 4.68. The third-order valence-corrected chi connectivity index (χ3v) is 3.91. The second-order valence-electron chi connectivity index (χ2n) is 6.89. The summed E-state index contributed by atoms with van der Waals surface area (Å²) in [6.45, 7) is 5.71. The van der Waals surface area contributed by atoms with E-state index >= 15 is 0 Å². The molecule has 6 nitrogen and oxygen atoms in total. The van der Waals surface area contributed by atoms with Crippen molar-refractivity contribution in [1.82, 2.24) is 5.06 Å². The largest absolute Gasteiger partial charge is 0.465 e. The molecular formula is C18H23NO5. The Morgan fingerprint density at radius 3 is 2.33 bits per heavy atom. The molecule has 0 aliphatic carbocycles. The van der Waals surface area contributed by atoms with Gasteiger partial charge in [-0.2, -0.15) is 0 Å². The summed E-state index contributed by atoms with van der Waals surface area (Å²) in [6, 6.07) is 6.46. The second-order valence-corrected chi connectivity index (χ2v) is 6.89. The lowest BCUT2D eigenvalue weighted by Crippen LogP contribution is -2.41. The zero-order valence-corrected chi connectivity index (χ0v) is 14.5. The van der Waals surface area contributed by atoms with Gasteiger partial charge in [-0.05, 0) is 38.5 Å². The SMILES string of the molecule is COC(=O)c1ccc(C2CC(=O)CCN2OC(=O)C(C)(C)C)cc1. The summed E-state index contributed by atoms with van der Waals surface area (Å²) in [4.78, 5) is 41.1. The van der Waals surface area contributed by atoms with E-state index in [9.17, 15) is 14.4 Å². The number of hydroxylamine groups is 2. The van der Waals surface area contributed by atoms with Crippen LogP contribution in [-0.4, -0.2) is 36.4 Å². The van der Waals surface area contributed by atoms with Gasteiger partial charge < -0.3 is 9.57 Å². The third-order valence-electron chi connectivity index (χ3n) is 3.91. The number of Topliss-reactive ketones (excluding diaryl/α,β-unsaturated/α-hetero) is 1. The Kier molecular flexibility index (Phi) is 5.39. The summed E-state index contributed by atoms with van der Waals surface area (Å²) >= 11 is 0. The van der Waals surface area contributed by atoms with E-state index in [0.29, 0.717) is 18.5 Å². The van der Waals surface area contributed by atoms with Crippen molar-refractivity contribution in [3.05, 3.63) is 35.4 Å². The van der Waals surface area contributed by atoms with Gasteiger partial charge in [-0.3, -0.25) is 4.79 Å². The van der Waals surface area contributed by atoms with E-state index in [2.05, 4.69) is 4.74 Å². The molecule has 1 aromatic rings. The quantitative estimate of drug-likeness (QED) is 0.792. The lowest BCUT2D eigenvalue weighted by Gasteiger charge is -2.35. The lowest BCUT2D eigenvalue weighted by atomic mass is 9.95. The van der Waals surface area contributed by atoms with Crippen LogP contribution in [0.25, 0.3) is 0 Å². The van der Waals surface area contributed by atoms with E-state index in [1.165, 1.54) is 7.11 Å². The van der Waals surface area contributed by atoms with Gasteiger partial charge in [0, 0.05) is 19.4 Å². The molecule has 24 heavy (non-hydrogen) atoms. The summed E-state index contributed by atoms with van der Waals surface area (Å²) in [5.41, 5.74) is 0.625. The summed E-state index contributed by atoms with van der Waals surface area (Å²) in [7, 11) is 1.32. The maximum atomic E-state index is 12.2. The van der Waals surface area contributed by atoms with Crippen LogP contribution >= 0.6 is 0 Å². The molecule has 0 radical (unpaired) electrons. The number of hydrogen-bond donors (Lipinski definition) is 0. The molecule has 0 aromatic heterocycles. The van der Waals surface area contributed by atoms with Crippen molar-refractivity contribution in [2.24, 2.45) is 5.41 Å². The molecular weight excluding hydrogens is 310 g/mol. The van der Waals surface area contributed by atoms with Crippen LogP contribution in [0.2, 0.25) is 0 Å². The first-order chi connectivity index (χ1) is 11.2. The molecule has 6 heteroatoms. The maximum absolute atomic E-state index is 12.2. The predicted octanol–water partition coefficient (Wildman–Crippen LogP) is 2.68. The molecule has 1 saturated heterocycles. The first kappa shape index (κ1) is 18.1. The number of piperidine rings is 1. The van der Waals surface area contributed by atoms with Gasteiger partial charge in [0.15, 0.2) is 0 Å². The fourth-order valence-corrected chi connectivity index (χ4v) is 2.41. The van der Waals surface area contributed by atoms with Crippen molar-refractivity contribution in [1.29, 1.82) is 0 Å². The first-order valence-corrected chi connectivity index (χ1v) is 7.91. The van der Waals surface area contributed by atoms with Gasteiger partial charge in [0.2, 0.25) is 0 Å². The summed E-state index contributed by atoms with van der Waals surface area (Å²) in [5, 5.41) is 1.57. The average Bonchev–Trinajstić information content (AvgIpc) is 2.55. The fraction of sp³-hybridized carbons (Fsp3) is 0.500. The van der Waals surface area contributed by atoms with Crippen LogP contribution in [-0.2, 0) is 19.2 Å². The predicted molar refractivity (Wildman–Crippen MR) is 87.0 cm³/mol. The standard InChI is InChI=1S/C18H23NO5/c1-18(2,3)17(22)24-19-10-9-14(20)11-15(19)12-5-7-13(8-6-12)16(21)23-4/h5-8,15H,9-11H2,1-4H3. The number of nitrogens with zero attached hydrogens (tertiary/aromatic N) is 1. The Balaban J connectivity index is 2.21. The van der Waals surface area contributed by atoms with Crippen molar-refractivity contribution in [3.63, 3.8) is 0 Å². The second kappa shape index (κ2) is 7.13. The number of hydrogen-bond acceptors (Lipinski definition) is 6. The van der Waals surface area contributed by atoms with Gasteiger partial charge in [-0.25, -0.2) is 9.59 Å². The fourth-order valence-electron chi connectivity index (χ4n) is 2.41. The Labute approximate surface area is 141 Å². The molecule has 0 saturated carbocycles. The molecule has 1 fully saturated rings. The Morgan fingerprint density at radius 2 is 1.79 bits per heavy atom. The molecule has 1 atom stereocenters. The third kappa shape index (κ3) is 4.20. The minimum Gasteiger partial charge on any atom is -0.465 e. The van der Waals surface area contributed by atoms with Crippen molar-refractivity contribution in [3.8, 4) is 0 Å². The number of esters is 1. The van der Waals surface area contributed by atoms with E-state index < -0.39 is 11.4 Å². The number of rotatable bonds is 3. The van der Waals surface area contributed by atoms with Crippen LogP contribution in [0.3, 0.4) is 0 Å². The molecule has 2 rings (SSSR count). The molecule has 0 spiro atoms. The van der Waals surface area contributed by atoms with Gasteiger partial charge in [-0.15, -0.1) is 5.06 Å². The van der Waals surface area contributed by atoms with Crippen molar-refractivity contribution < 1.29 is 24.0 Å². The van der Waals surface area contributed by atoms with Crippen LogP contribution in [0.5, 0.6) is 0 Å². The maximum Gasteiger partial charge on any atom is 0.337 e. The molecule has 1 heterocycles. The van der Waals surface area contributed by atoms with Gasteiger partial charge in [0.1, 0.15) is 5.78 Å². The van der Waals surface area contributed by atoms with Gasteiger partial charge in [0.05, 0.1) is 24.1 Å². The van der Waals surface area contributed by atoms with E-state index in [1.807, 2.05) is 0 Å². The highest BCUT2D eigenvalue weighted by atomic mass is 16.7. The highest BCUT2D eigenvalue weighted by Gasteiger charge is 2.34. The zero-order chi connectivity index (χ0) is 17.9. The topological polar surface area (TPSA) is 72.9 Å². The molecule has 1 aliphatic heterocycles. The highest BCUT2D eigenvalue weighted by Crippen LogP contribution is 2.31. The molecule has 0 N–H and O–H groups in total. The van der Waals surface area contributed by atoms with Crippen LogP contribution in [0.4, 0.5) is 0 Å². The summed E-state index contributed by atoms with van der Waals surface area (Å²) in [6.07, 6.45) is 0.628. The Bertz CT molecular complexity index is 630. The monoisotopic (exact) mass is 333 g/mol. The van der Waals surface area contributed by atoms with Gasteiger partial charge in [-0.1, -0.05) is 12.1 Å². The molecule has 130 valence electrons. The minimum absolute atomic E-state index is 0.125. The molecule has 0 amide bonds.